The van der Waals surface area contributed by atoms with Gasteiger partial charge in [0.25, 0.3) is 0 Å². The lowest BCUT2D eigenvalue weighted by atomic mass is 10.2. The van der Waals surface area contributed by atoms with Gasteiger partial charge < -0.3 is 5.32 Å². The van der Waals surface area contributed by atoms with E-state index in [0.29, 0.717) is 5.56 Å². The minimum atomic E-state index is -0.798. The first-order valence-electron chi connectivity index (χ1n) is 8.66. The van der Waals surface area contributed by atoms with Crippen LogP contribution in [0.1, 0.15) is 29.9 Å². The highest BCUT2D eigenvalue weighted by Crippen LogP contribution is 2.25. The lowest BCUT2D eigenvalue weighted by Gasteiger charge is -2.13. The maximum atomic E-state index is 13.9. The van der Waals surface area contributed by atoms with E-state index in [-0.39, 0.29) is 34.5 Å². The molecule has 2 heterocycles. The third kappa shape index (κ3) is 4.11. The number of hydrogen-bond acceptors (Lipinski definition) is 5. The van der Waals surface area contributed by atoms with E-state index in [9.17, 15) is 19.3 Å². The van der Waals surface area contributed by atoms with Crippen molar-refractivity contribution < 1.29 is 14.1 Å². The standard InChI is InChI=1S/C18H18ClFN6O3/c1-10-17(26(28)29)11(2)25(22-10)12(3)18(27)21-16-7-8-24(23-16)9-13-14(19)5-4-6-15(13)20/h4-8,12H,9H2,1-3H3,(H,21,23,27). The normalized spacial score (nSPS) is 12.0. The van der Waals surface area contributed by atoms with Gasteiger partial charge in [0.1, 0.15) is 23.2 Å². The second-order valence-corrected chi connectivity index (χ2v) is 6.89. The lowest BCUT2D eigenvalue weighted by Crippen LogP contribution is -2.25. The highest BCUT2D eigenvalue weighted by molar-refractivity contribution is 6.31. The maximum absolute atomic E-state index is 13.9. The molecule has 11 heteroatoms. The van der Waals surface area contributed by atoms with E-state index in [1.165, 1.54) is 35.3 Å². The van der Waals surface area contributed by atoms with Crippen LogP contribution in [0.4, 0.5) is 15.9 Å². The first-order chi connectivity index (χ1) is 13.7. The van der Waals surface area contributed by atoms with Crippen LogP contribution in [-0.4, -0.2) is 30.4 Å². The number of nitrogens with zero attached hydrogens (tertiary/aromatic N) is 5. The molecule has 0 aliphatic rings. The van der Waals surface area contributed by atoms with Gasteiger partial charge in [-0.25, -0.2) is 4.39 Å². The Morgan fingerprint density at radius 1 is 1.34 bits per heavy atom. The second-order valence-electron chi connectivity index (χ2n) is 6.49. The molecule has 0 bridgehead atoms. The largest absolute Gasteiger partial charge is 0.312 e. The summed E-state index contributed by atoms with van der Waals surface area (Å²) in [7, 11) is 0. The fourth-order valence-corrected chi connectivity index (χ4v) is 3.22. The van der Waals surface area contributed by atoms with Crippen molar-refractivity contribution in [2.45, 2.75) is 33.4 Å². The molecule has 0 fully saturated rings. The number of carbonyl (C=O) groups is 1. The van der Waals surface area contributed by atoms with Crippen LogP contribution in [0.3, 0.4) is 0 Å². The molecule has 1 atom stereocenters. The maximum Gasteiger partial charge on any atom is 0.312 e. The first-order valence-corrected chi connectivity index (χ1v) is 9.04. The topological polar surface area (TPSA) is 108 Å². The van der Waals surface area contributed by atoms with Crippen LogP contribution < -0.4 is 5.32 Å². The average Bonchev–Trinajstić information content (AvgIpc) is 3.21. The van der Waals surface area contributed by atoms with Crippen molar-refractivity contribution in [1.82, 2.24) is 19.6 Å². The van der Waals surface area contributed by atoms with Crippen LogP contribution in [0.2, 0.25) is 5.02 Å². The number of benzene rings is 1. The van der Waals surface area contributed by atoms with Crippen LogP contribution in [0.15, 0.2) is 30.5 Å². The molecule has 9 nitrogen and oxygen atoms in total. The monoisotopic (exact) mass is 420 g/mol. The van der Waals surface area contributed by atoms with E-state index in [4.69, 9.17) is 11.6 Å². The van der Waals surface area contributed by atoms with Gasteiger partial charge in [0, 0.05) is 22.8 Å². The smallest absolute Gasteiger partial charge is 0.307 e. The van der Waals surface area contributed by atoms with Gasteiger partial charge in [-0.2, -0.15) is 10.2 Å². The van der Waals surface area contributed by atoms with Gasteiger partial charge in [0.15, 0.2) is 5.82 Å². The molecule has 0 aliphatic carbocycles. The molecule has 0 aliphatic heterocycles. The summed E-state index contributed by atoms with van der Waals surface area (Å²) in [5, 5.41) is 22.4. The van der Waals surface area contributed by atoms with Gasteiger partial charge >= 0.3 is 5.69 Å². The van der Waals surface area contributed by atoms with E-state index in [0.717, 1.165) is 0 Å². The molecule has 1 aromatic carbocycles. The van der Waals surface area contributed by atoms with Crippen molar-refractivity contribution >= 4 is 29.0 Å². The molecule has 0 radical (unpaired) electrons. The Morgan fingerprint density at radius 2 is 2.07 bits per heavy atom. The molecule has 152 valence electrons. The van der Waals surface area contributed by atoms with Gasteiger partial charge in [0.05, 0.1) is 11.5 Å². The van der Waals surface area contributed by atoms with E-state index in [1.807, 2.05) is 0 Å². The number of carbonyl (C=O) groups excluding carboxylic acids is 1. The number of aryl methyl sites for hydroxylation is 1. The second kappa shape index (κ2) is 8.00. The fraction of sp³-hybridized carbons (Fsp3) is 0.278. The highest BCUT2D eigenvalue weighted by Gasteiger charge is 2.27. The molecule has 3 aromatic rings. The Balaban J connectivity index is 1.74. The first kappa shape index (κ1) is 20.5. The van der Waals surface area contributed by atoms with Crippen molar-refractivity contribution in [1.29, 1.82) is 0 Å². The van der Waals surface area contributed by atoms with Gasteiger partial charge in [-0.1, -0.05) is 17.7 Å². The molecule has 3 rings (SSSR count). The number of anilines is 1. The number of rotatable bonds is 6. The zero-order valence-electron chi connectivity index (χ0n) is 15.9. The summed E-state index contributed by atoms with van der Waals surface area (Å²) < 4.78 is 16.7. The summed E-state index contributed by atoms with van der Waals surface area (Å²) in [4.78, 5) is 23.2. The van der Waals surface area contributed by atoms with Crippen LogP contribution in [0, 0.1) is 29.8 Å². The Hall–Kier alpha value is -3.27. The highest BCUT2D eigenvalue weighted by atomic mass is 35.5. The minimum Gasteiger partial charge on any atom is -0.307 e. The number of hydrogen-bond donors (Lipinski definition) is 1. The molecular formula is C18H18ClFN6O3. The zero-order valence-corrected chi connectivity index (χ0v) is 16.6. The van der Waals surface area contributed by atoms with Crippen molar-refractivity contribution in [3.05, 3.63) is 68.4 Å². The Bertz CT molecular complexity index is 1070. The number of aromatic nitrogens is 4. The van der Waals surface area contributed by atoms with Crippen molar-refractivity contribution in [3.8, 4) is 0 Å². The number of amides is 1. The third-order valence-electron chi connectivity index (χ3n) is 4.49. The molecule has 0 saturated carbocycles. The van der Waals surface area contributed by atoms with Crippen LogP contribution in [0.5, 0.6) is 0 Å². The van der Waals surface area contributed by atoms with Crippen LogP contribution in [0.25, 0.3) is 0 Å². The number of nitrogens with one attached hydrogen (secondary N) is 1. The zero-order chi connectivity index (χ0) is 21.3. The van der Waals surface area contributed by atoms with E-state index >= 15 is 0 Å². The Kier molecular flexibility index (Phi) is 5.64. The summed E-state index contributed by atoms with van der Waals surface area (Å²) in [6.45, 7) is 4.73. The average molecular weight is 421 g/mol. The Labute approximate surface area is 170 Å². The lowest BCUT2D eigenvalue weighted by molar-refractivity contribution is -0.386. The van der Waals surface area contributed by atoms with Crippen molar-refractivity contribution in [3.63, 3.8) is 0 Å². The quantitative estimate of drug-likeness (QED) is 0.483. The van der Waals surface area contributed by atoms with Crippen LogP contribution >= 0.6 is 11.6 Å². The van der Waals surface area contributed by atoms with Gasteiger partial charge in [-0.3, -0.25) is 24.3 Å². The molecule has 0 saturated heterocycles. The van der Waals surface area contributed by atoms with E-state index < -0.39 is 22.7 Å². The van der Waals surface area contributed by atoms with Gasteiger partial charge in [0.2, 0.25) is 5.91 Å². The van der Waals surface area contributed by atoms with E-state index in [2.05, 4.69) is 15.5 Å². The summed E-state index contributed by atoms with van der Waals surface area (Å²) in [6.07, 6.45) is 1.58. The summed E-state index contributed by atoms with van der Waals surface area (Å²) >= 11 is 6.02. The van der Waals surface area contributed by atoms with Gasteiger partial charge in [-0.05, 0) is 32.9 Å². The summed E-state index contributed by atoms with van der Waals surface area (Å²) in [5.74, 6) is -0.636. The van der Waals surface area contributed by atoms with Crippen LogP contribution in [-0.2, 0) is 11.3 Å². The third-order valence-corrected chi connectivity index (χ3v) is 4.84. The molecule has 1 N–H and O–H groups in total. The predicted molar refractivity (Wildman–Crippen MR) is 104 cm³/mol. The molecule has 2 aromatic heterocycles. The minimum absolute atomic E-state index is 0.0978. The molecule has 0 spiro atoms. The number of halogens is 2. The van der Waals surface area contributed by atoms with Crippen molar-refractivity contribution in [2.24, 2.45) is 0 Å². The van der Waals surface area contributed by atoms with Crippen molar-refractivity contribution in [2.75, 3.05) is 5.32 Å². The predicted octanol–water partition coefficient (Wildman–Crippen LogP) is 3.65. The summed E-state index contributed by atoms with van der Waals surface area (Å²) in [5.41, 5.74) is 0.697. The number of nitro groups is 1. The Morgan fingerprint density at radius 3 is 2.69 bits per heavy atom. The molecule has 29 heavy (non-hydrogen) atoms. The molecule has 1 amide bonds. The molecular weight excluding hydrogens is 403 g/mol. The SMILES string of the molecule is Cc1nn(C(C)C(=O)Nc2ccn(Cc3c(F)cccc3Cl)n2)c(C)c1[N+](=O)[O-]. The fourth-order valence-electron chi connectivity index (χ4n) is 3.00. The van der Waals surface area contributed by atoms with Gasteiger partial charge in [-0.15, -0.1) is 0 Å². The van der Waals surface area contributed by atoms with E-state index in [1.54, 1.807) is 25.3 Å². The summed E-state index contributed by atoms with van der Waals surface area (Å²) in [6, 6.07) is 5.17. The molecule has 1 unspecified atom stereocenters.